The van der Waals surface area contributed by atoms with Gasteiger partial charge >= 0.3 is 0 Å². The highest BCUT2D eigenvalue weighted by molar-refractivity contribution is 7.71. The van der Waals surface area contributed by atoms with E-state index < -0.39 is 43.1 Å². The average molecular weight is 471 g/mol. The number of aliphatic hydroxyl groups is 3. The molecule has 174 valence electrons. The molecule has 2 heterocycles. The van der Waals surface area contributed by atoms with Crippen molar-refractivity contribution in [1.82, 2.24) is 19.7 Å². The average Bonchev–Trinajstić information content (AvgIpc) is 3.15. The molecule has 1 amide bonds. The lowest BCUT2D eigenvalue weighted by molar-refractivity contribution is -0.219. The van der Waals surface area contributed by atoms with Gasteiger partial charge in [-0.2, -0.15) is 0 Å². The van der Waals surface area contributed by atoms with Crippen LogP contribution in [0.1, 0.15) is 18.7 Å². The normalized spacial score (nSPS) is 25.1. The summed E-state index contributed by atoms with van der Waals surface area (Å²) in [7, 11) is 0. The zero-order chi connectivity index (χ0) is 23.7. The summed E-state index contributed by atoms with van der Waals surface area (Å²) in [6.45, 7) is 2.76. The van der Waals surface area contributed by atoms with E-state index in [-0.39, 0.29) is 4.77 Å². The number of para-hydroxylation sites is 1. The standard InChI is InChI=1S/C23H26N4O5S/c1-13-8-10-15(11-9-13)21-25-27(23(33)26(21)16-6-4-3-5-7-16)22-18(24-14(2)29)20(31)19(30)17(12-28)32-22/h3-11,17-20,22,28,30-31H,12H2,1-2H3,(H,24,29)/t17-,18+,19+,20-,22-/m0/s1. The molecule has 5 atom stereocenters. The molecule has 10 heteroatoms. The van der Waals surface area contributed by atoms with Crippen LogP contribution in [-0.4, -0.2) is 66.5 Å². The van der Waals surface area contributed by atoms with Crippen molar-refractivity contribution in [3.63, 3.8) is 0 Å². The Balaban J connectivity index is 1.90. The van der Waals surface area contributed by atoms with Gasteiger partial charge in [0.05, 0.1) is 6.61 Å². The molecule has 3 aromatic rings. The number of aromatic nitrogens is 3. The van der Waals surface area contributed by atoms with E-state index in [0.717, 1.165) is 16.8 Å². The summed E-state index contributed by atoms with van der Waals surface area (Å²) in [5.41, 5.74) is 2.67. The van der Waals surface area contributed by atoms with E-state index in [2.05, 4.69) is 5.32 Å². The van der Waals surface area contributed by atoms with Gasteiger partial charge in [0.1, 0.15) is 24.4 Å². The lowest BCUT2D eigenvalue weighted by Gasteiger charge is -2.42. The van der Waals surface area contributed by atoms with E-state index in [1.54, 1.807) is 4.57 Å². The van der Waals surface area contributed by atoms with Crippen molar-refractivity contribution in [2.75, 3.05) is 6.61 Å². The van der Waals surface area contributed by atoms with E-state index in [0.29, 0.717) is 5.82 Å². The fourth-order valence-electron chi connectivity index (χ4n) is 3.95. The van der Waals surface area contributed by atoms with E-state index in [4.69, 9.17) is 22.1 Å². The molecule has 4 N–H and O–H groups in total. The first kappa shape index (κ1) is 23.3. The van der Waals surface area contributed by atoms with Crippen molar-refractivity contribution in [3.05, 3.63) is 64.9 Å². The third kappa shape index (κ3) is 4.48. The number of hydrogen-bond donors (Lipinski definition) is 4. The summed E-state index contributed by atoms with van der Waals surface area (Å²) in [6.07, 6.45) is -4.95. The number of benzene rings is 2. The van der Waals surface area contributed by atoms with Crippen LogP contribution >= 0.6 is 12.2 Å². The minimum absolute atomic E-state index is 0.261. The number of amides is 1. The number of nitrogens with zero attached hydrogens (tertiary/aromatic N) is 3. The number of aliphatic hydroxyl groups excluding tert-OH is 3. The highest BCUT2D eigenvalue weighted by atomic mass is 32.1. The Labute approximate surface area is 195 Å². The Morgan fingerprint density at radius 2 is 1.79 bits per heavy atom. The maximum Gasteiger partial charge on any atom is 0.217 e. The van der Waals surface area contributed by atoms with Crippen molar-refractivity contribution in [2.24, 2.45) is 0 Å². The quantitative estimate of drug-likeness (QED) is 0.417. The summed E-state index contributed by atoms with van der Waals surface area (Å²) in [6, 6.07) is 16.2. The highest BCUT2D eigenvalue weighted by Gasteiger charge is 2.46. The largest absolute Gasteiger partial charge is 0.394 e. The SMILES string of the molecule is CC(=O)N[C@@H]1[C@H](O)[C@H](O)[C@H](CO)O[C@@H]1n1nc(-c2ccc(C)cc2)n(-c2ccccc2)c1=S. The minimum atomic E-state index is -1.41. The Morgan fingerprint density at radius 3 is 2.39 bits per heavy atom. The predicted octanol–water partition coefficient (Wildman–Crippen LogP) is 1.49. The van der Waals surface area contributed by atoms with E-state index in [1.807, 2.05) is 61.5 Å². The topological polar surface area (TPSA) is 122 Å². The molecule has 0 spiro atoms. The lowest BCUT2D eigenvalue weighted by atomic mass is 9.96. The molecular formula is C23H26N4O5S. The molecule has 0 saturated carbocycles. The fraction of sp³-hybridized carbons (Fsp3) is 0.348. The van der Waals surface area contributed by atoms with Crippen LogP contribution in [0.25, 0.3) is 17.1 Å². The Kier molecular flexibility index (Phi) is 6.73. The summed E-state index contributed by atoms with van der Waals surface area (Å²) in [5, 5.41) is 38.1. The van der Waals surface area contributed by atoms with Crippen LogP contribution in [0.2, 0.25) is 0 Å². The molecule has 1 aliphatic heterocycles. The van der Waals surface area contributed by atoms with Gasteiger partial charge in [0.25, 0.3) is 0 Å². The molecule has 0 aliphatic carbocycles. The number of nitrogens with one attached hydrogen (secondary N) is 1. The zero-order valence-electron chi connectivity index (χ0n) is 18.2. The maximum atomic E-state index is 11.9. The van der Waals surface area contributed by atoms with E-state index in [1.165, 1.54) is 11.6 Å². The third-order valence-corrected chi connectivity index (χ3v) is 6.01. The van der Waals surface area contributed by atoms with Gasteiger partial charge in [-0.3, -0.25) is 9.36 Å². The Hall–Kier alpha value is -2.89. The van der Waals surface area contributed by atoms with E-state index >= 15 is 0 Å². The van der Waals surface area contributed by atoms with Crippen molar-refractivity contribution in [2.45, 2.75) is 44.4 Å². The second-order valence-electron chi connectivity index (χ2n) is 8.04. The summed E-state index contributed by atoms with van der Waals surface area (Å²) in [4.78, 5) is 11.9. The molecule has 0 radical (unpaired) electrons. The summed E-state index contributed by atoms with van der Waals surface area (Å²) < 4.78 is 9.34. The number of aryl methyl sites for hydroxylation is 1. The van der Waals surface area contributed by atoms with Crippen LogP contribution in [-0.2, 0) is 9.53 Å². The predicted molar refractivity (Wildman–Crippen MR) is 123 cm³/mol. The van der Waals surface area contributed by atoms with Crippen LogP contribution in [0.5, 0.6) is 0 Å². The summed E-state index contributed by atoms with van der Waals surface area (Å²) in [5.74, 6) is 0.118. The summed E-state index contributed by atoms with van der Waals surface area (Å²) >= 11 is 5.78. The van der Waals surface area contributed by atoms with Gasteiger partial charge < -0.3 is 25.4 Å². The molecule has 33 heavy (non-hydrogen) atoms. The molecule has 2 aromatic carbocycles. The van der Waals surface area contributed by atoms with Crippen LogP contribution in [0.4, 0.5) is 0 Å². The van der Waals surface area contributed by atoms with Gasteiger partial charge in [-0.1, -0.05) is 48.0 Å². The molecular weight excluding hydrogens is 444 g/mol. The minimum Gasteiger partial charge on any atom is -0.394 e. The zero-order valence-corrected chi connectivity index (χ0v) is 19.0. The van der Waals surface area contributed by atoms with Crippen LogP contribution < -0.4 is 5.32 Å². The molecule has 4 rings (SSSR count). The molecule has 1 aliphatic rings. The molecule has 1 saturated heterocycles. The third-order valence-electron chi connectivity index (χ3n) is 5.64. The number of hydrogen-bond acceptors (Lipinski definition) is 7. The van der Waals surface area contributed by atoms with Crippen molar-refractivity contribution >= 4 is 18.1 Å². The monoisotopic (exact) mass is 470 g/mol. The number of rotatable bonds is 5. The van der Waals surface area contributed by atoms with Crippen molar-refractivity contribution < 1.29 is 24.9 Å². The number of carbonyl (C=O) groups excluding carboxylic acids is 1. The van der Waals surface area contributed by atoms with Gasteiger partial charge in [0.15, 0.2) is 12.1 Å². The number of carbonyl (C=O) groups is 1. The highest BCUT2D eigenvalue weighted by Crippen LogP contribution is 2.31. The van der Waals surface area contributed by atoms with Crippen LogP contribution in [0, 0.1) is 11.7 Å². The fourth-order valence-corrected chi connectivity index (χ4v) is 4.28. The van der Waals surface area contributed by atoms with Gasteiger partial charge in [-0.05, 0) is 31.3 Å². The van der Waals surface area contributed by atoms with Gasteiger partial charge in [0, 0.05) is 18.2 Å². The van der Waals surface area contributed by atoms with Gasteiger partial charge in [0.2, 0.25) is 10.7 Å². The van der Waals surface area contributed by atoms with Crippen LogP contribution in [0.3, 0.4) is 0 Å². The lowest BCUT2D eigenvalue weighted by Crippen LogP contribution is -2.62. The Morgan fingerprint density at radius 1 is 1.12 bits per heavy atom. The molecule has 0 unspecified atom stereocenters. The maximum absolute atomic E-state index is 11.9. The molecule has 1 aromatic heterocycles. The van der Waals surface area contributed by atoms with Crippen molar-refractivity contribution in [1.29, 1.82) is 0 Å². The van der Waals surface area contributed by atoms with Crippen molar-refractivity contribution in [3.8, 4) is 17.1 Å². The molecule has 0 bridgehead atoms. The van der Waals surface area contributed by atoms with Gasteiger partial charge in [-0.15, -0.1) is 5.10 Å². The Bertz CT molecular complexity index is 1180. The van der Waals surface area contributed by atoms with Crippen LogP contribution in [0.15, 0.2) is 54.6 Å². The number of ether oxygens (including phenoxy) is 1. The molecule has 9 nitrogen and oxygen atoms in total. The second-order valence-corrected chi connectivity index (χ2v) is 8.41. The first-order chi connectivity index (χ1) is 15.8. The smallest absolute Gasteiger partial charge is 0.217 e. The first-order valence-corrected chi connectivity index (χ1v) is 11.0. The van der Waals surface area contributed by atoms with E-state index in [9.17, 15) is 20.1 Å². The second kappa shape index (κ2) is 9.54. The molecule has 1 fully saturated rings. The first-order valence-electron chi connectivity index (χ1n) is 10.6. The van der Waals surface area contributed by atoms with Gasteiger partial charge in [-0.25, -0.2) is 4.68 Å².